The van der Waals surface area contributed by atoms with Gasteiger partial charge in [0.05, 0.1) is 0 Å². The zero-order chi connectivity index (χ0) is 13.9. The van der Waals surface area contributed by atoms with Crippen LogP contribution in [0.15, 0.2) is 53.0 Å². The first kappa shape index (κ1) is 13.8. The molecule has 20 heavy (non-hydrogen) atoms. The first-order chi connectivity index (χ1) is 9.74. The lowest BCUT2D eigenvalue weighted by Crippen LogP contribution is -2.23. The minimum atomic E-state index is -0.150. The fourth-order valence-electron chi connectivity index (χ4n) is 2.55. The second-order valence-corrected chi connectivity index (χ2v) is 6.26. The van der Waals surface area contributed by atoms with Crippen LogP contribution in [0.4, 0.5) is 4.39 Å². The summed E-state index contributed by atoms with van der Waals surface area (Å²) in [4.78, 5) is 0. The number of halogens is 2. The van der Waals surface area contributed by atoms with E-state index in [4.69, 9.17) is 0 Å². The fraction of sp³-hybridized carbons (Fsp3) is 0.294. The molecule has 0 bridgehead atoms. The lowest BCUT2D eigenvalue weighted by molar-refractivity contribution is 0.471. The molecule has 0 spiro atoms. The Hall–Kier alpha value is -1.19. The number of rotatable bonds is 5. The minimum absolute atomic E-state index is 0.150. The van der Waals surface area contributed by atoms with E-state index in [1.807, 2.05) is 12.1 Å². The van der Waals surface area contributed by atoms with Crippen molar-refractivity contribution in [2.45, 2.75) is 25.4 Å². The van der Waals surface area contributed by atoms with Gasteiger partial charge in [-0.2, -0.15) is 0 Å². The highest BCUT2D eigenvalue weighted by Gasteiger charge is 2.31. The highest BCUT2D eigenvalue weighted by atomic mass is 79.9. The first-order valence-corrected chi connectivity index (χ1v) is 7.75. The summed E-state index contributed by atoms with van der Waals surface area (Å²) in [5.74, 6) is 0.538. The zero-order valence-corrected chi connectivity index (χ0v) is 12.7. The maximum Gasteiger partial charge on any atom is 0.127 e. The summed E-state index contributed by atoms with van der Waals surface area (Å²) >= 11 is 3.40. The van der Waals surface area contributed by atoms with Gasteiger partial charge in [-0.05, 0) is 42.5 Å². The molecule has 0 amide bonds. The van der Waals surface area contributed by atoms with Crippen LogP contribution in [0.5, 0.6) is 0 Å². The van der Waals surface area contributed by atoms with Gasteiger partial charge in [0.1, 0.15) is 5.82 Å². The molecule has 1 atom stereocenters. The Morgan fingerprint density at radius 3 is 2.60 bits per heavy atom. The Morgan fingerprint density at radius 2 is 1.90 bits per heavy atom. The Bertz CT molecular complexity index is 581. The molecule has 0 aromatic heterocycles. The van der Waals surface area contributed by atoms with Crippen molar-refractivity contribution >= 4 is 15.9 Å². The third-order valence-electron chi connectivity index (χ3n) is 3.77. The quantitative estimate of drug-likeness (QED) is 0.826. The van der Waals surface area contributed by atoms with E-state index in [-0.39, 0.29) is 5.82 Å². The molecular formula is C17H17BrFN. The molecule has 1 N–H and O–H groups in total. The molecular weight excluding hydrogens is 317 g/mol. The number of benzene rings is 2. The molecule has 1 fully saturated rings. The van der Waals surface area contributed by atoms with Gasteiger partial charge in [0.15, 0.2) is 0 Å². The molecule has 1 nitrogen and oxygen atoms in total. The number of hydrogen-bond acceptors (Lipinski definition) is 1. The lowest BCUT2D eigenvalue weighted by atomic mass is 10.0. The van der Waals surface area contributed by atoms with Crippen LogP contribution in [0.1, 0.15) is 30.0 Å². The molecule has 0 heterocycles. The number of nitrogens with one attached hydrogen (secondary N) is 1. The van der Waals surface area contributed by atoms with Crippen molar-refractivity contribution in [3.63, 3.8) is 0 Å². The standard InChI is InChI=1S/C17H17BrFN/c18-15-8-9-16(19)14(10-15)11-20-17(13-6-7-13)12-4-2-1-3-5-12/h1-5,8-10,13,17,20H,6-7,11H2. The molecule has 1 aliphatic carbocycles. The molecule has 1 aliphatic rings. The Balaban J connectivity index is 1.73. The summed E-state index contributed by atoms with van der Waals surface area (Å²) in [6.07, 6.45) is 2.51. The normalized spacial score (nSPS) is 16.1. The second kappa shape index (κ2) is 6.06. The van der Waals surface area contributed by atoms with E-state index in [9.17, 15) is 4.39 Å². The van der Waals surface area contributed by atoms with Crippen LogP contribution in [0.25, 0.3) is 0 Å². The van der Waals surface area contributed by atoms with Crippen molar-refractivity contribution < 1.29 is 4.39 Å². The maximum absolute atomic E-state index is 13.8. The fourth-order valence-corrected chi connectivity index (χ4v) is 2.95. The third-order valence-corrected chi connectivity index (χ3v) is 4.27. The SMILES string of the molecule is Fc1ccc(Br)cc1CNC(c1ccccc1)C1CC1. The average Bonchev–Trinajstić information content (AvgIpc) is 3.29. The van der Waals surface area contributed by atoms with Crippen molar-refractivity contribution in [3.8, 4) is 0 Å². The van der Waals surface area contributed by atoms with Crippen molar-refractivity contribution in [2.24, 2.45) is 5.92 Å². The van der Waals surface area contributed by atoms with Gasteiger partial charge in [-0.15, -0.1) is 0 Å². The smallest absolute Gasteiger partial charge is 0.127 e. The molecule has 0 radical (unpaired) electrons. The molecule has 3 rings (SSSR count). The molecule has 3 heteroatoms. The minimum Gasteiger partial charge on any atom is -0.306 e. The van der Waals surface area contributed by atoms with E-state index >= 15 is 0 Å². The summed E-state index contributed by atoms with van der Waals surface area (Å²) < 4.78 is 14.7. The van der Waals surface area contributed by atoms with Crippen LogP contribution in [0.3, 0.4) is 0 Å². The van der Waals surface area contributed by atoms with Crippen LogP contribution < -0.4 is 5.32 Å². The first-order valence-electron chi connectivity index (χ1n) is 6.96. The van der Waals surface area contributed by atoms with Crippen molar-refractivity contribution in [3.05, 3.63) is 69.9 Å². The monoisotopic (exact) mass is 333 g/mol. The lowest BCUT2D eigenvalue weighted by Gasteiger charge is -2.19. The second-order valence-electron chi connectivity index (χ2n) is 5.34. The van der Waals surface area contributed by atoms with Crippen LogP contribution in [-0.4, -0.2) is 0 Å². The Kier molecular flexibility index (Phi) is 4.18. The Labute approximate surface area is 127 Å². The van der Waals surface area contributed by atoms with Gasteiger partial charge in [0, 0.05) is 22.6 Å². The van der Waals surface area contributed by atoms with Crippen LogP contribution >= 0.6 is 15.9 Å². The van der Waals surface area contributed by atoms with Crippen molar-refractivity contribution in [2.75, 3.05) is 0 Å². The summed E-state index contributed by atoms with van der Waals surface area (Å²) in [5.41, 5.74) is 2.01. The van der Waals surface area contributed by atoms with Gasteiger partial charge in [-0.3, -0.25) is 0 Å². The summed E-state index contributed by atoms with van der Waals surface area (Å²) in [6.45, 7) is 0.557. The largest absolute Gasteiger partial charge is 0.306 e. The summed E-state index contributed by atoms with van der Waals surface area (Å²) in [7, 11) is 0. The number of hydrogen-bond donors (Lipinski definition) is 1. The van der Waals surface area contributed by atoms with E-state index in [0.717, 1.165) is 4.47 Å². The van der Waals surface area contributed by atoms with Crippen LogP contribution in [0.2, 0.25) is 0 Å². The van der Waals surface area contributed by atoms with Crippen LogP contribution in [-0.2, 0) is 6.54 Å². The maximum atomic E-state index is 13.8. The molecule has 0 saturated heterocycles. The molecule has 2 aromatic carbocycles. The van der Waals surface area contributed by atoms with E-state index in [2.05, 4.69) is 45.5 Å². The Morgan fingerprint density at radius 1 is 1.15 bits per heavy atom. The van der Waals surface area contributed by atoms with Crippen molar-refractivity contribution in [1.82, 2.24) is 5.32 Å². The van der Waals surface area contributed by atoms with Crippen LogP contribution in [0, 0.1) is 11.7 Å². The van der Waals surface area contributed by atoms with Gasteiger partial charge < -0.3 is 5.32 Å². The van der Waals surface area contributed by atoms with Gasteiger partial charge in [0.25, 0.3) is 0 Å². The molecule has 2 aromatic rings. The zero-order valence-electron chi connectivity index (χ0n) is 11.2. The van der Waals surface area contributed by atoms with Gasteiger partial charge in [-0.25, -0.2) is 4.39 Å². The van der Waals surface area contributed by atoms with Crippen molar-refractivity contribution in [1.29, 1.82) is 0 Å². The summed E-state index contributed by atoms with van der Waals surface area (Å²) in [6, 6.07) is 15.9. The van der Waals surface area contributed by atoms with E-state index in [1.165, 1.54) is 24.5 Å². The third kappa shape index (κ3) is 3.28. The highest BCUT2D eigenvalue weighted by molar-refractivity contribution is 9.10. The van der Waals surface area contributed by atoms with Gasteiger partial charge in [-0.1, -0.05) is 46.3 Å². The molecule has 1 saturated carbocycles. The topological polar surface area (TPSA) is 12.0 Å². The predicted octanol–water partition coefficient (Wildman–Crippen LogP) is 4.83. The van der Waals surface area contributed by atoms with E-state index in [0.29, 0.717) is 24.1 Å². The molecule has 1 unspecified atom stereocenters. The average molecular weight is 334 g/mol. The van der Waals surface area contributed by atoms with Gasteiger partial charge >= 0.3 is 0 Å². The summed E-state index contributed by atoms with van der Waals surface area (Å²) in [5, 5.41) is 3.52. The highest BCUT2D eigenvalue weighted by Crippen LogP contribution is 2.41. The molecule has 0 aliphatic heterocycles. The molecule has 104 valence electrons. The van der Waals surface area contributed by atoms with E-state index in [1.54, 1.807) is 6.07 Å². The predicted molar refractivity (Wildman–Crippen MR) is 82.8 cm³/mol. The van der Waals surface area contributed by atoms with Gasteiger partial charge in [0.2, 0.25) is 0 Å². The van der Waals surface area contributed by atoms with E-state index < -0.39 is 0 Å².